The minimum atomic E-state index is -3.31. The molecule has 2 nitrogen and oxygen atoms in total. The Morgan fingerprint density at radius 2 is 1.94 bits per heavy atom. The Bertz CT molecular complexity index is 463. The highest BCUT2D eigenvalue weighted by atomic mass is 79.9. The number of sulfone groups is 1. The van der Waals surface area contributed by atoms with Gasteiger partial charge < -0.3 is 0 Å². The molecule has 4 heteroatoms. The molecule has 0 spiro atoms. The van der Waals surface area contributed by atoms with Gasteiger partial charge >= 0.3 is 0 Å². The molecule has 0 radical (unpaired) electrons. The predicted molar refractivity (Wildman–Crippen MR) is 70.3 cm³/mol. The summed E-state index contributed by atoms with van der Waals surface area (Å²) in [5.41, 5.74) is 0. The van der Waals surface area contributed by atoms with E-state index in [4.69, 9.17) is 0 Å². The maximum absolute atomic E-state index is 12.2. The van der Waals surface area contributed by atoms with Gasteiger partial charge in [-0.2, -0.15) is 0 Å². The van der Waals surface area contributed by atoms with Crippen molar-refractivity contribution in [3.8, 4) is 0 Å². The zero-order chi connectivity index (χ0) is 12.0. The Hall–Kier alpha value is -0.870. The largest absolute Gasteiger partial charge is 0.223 e. The van der Waals surface area contributed by atoms with Gasteiger partial charge in [-0.05, 0) is 23.5 Å². The molecule has 0 heterocycles. The van der Waals surface area contributed by atoms with Gasteiger partial charge in [0.25, 0.3) is 0 Å². The first-order valence-electron chi connectivity index (χ1n) is 4.79. The van der Waals surface area contributed by atoms with Crippen molar-refractivity contribution >= 4 is 25.8 Å². The van der Waals surface area contributed by atoms with E-state index in [9.17, 15) is 8.42 Å². The normalized spacial score (nSPS) is 13.8. The summed E-state index contributed by atoms with van der Waals surface area (Å²) < 4.78 is 24.4. The molecule has 1 aromatic rings. The third-order valence-corrected chi connectivity index (χ3v) is 4.54. The van der Waals surface area contributed by atoms with Crippen molar-refractivity contribution in [2.45, 2.75) is 16.6 Å². The average Bonchev–Trinajstić information content (AvgIpc) is 2.30. The molecule has 0 aliphatic heterocycles. The topological polar surface area (TPSA) is 34.1 Å². The molecule has 0 aromatic heterocycles. The number of benzene rings is 1. The summed E-state index contributed by atoms with van der Waals surface area (Å²) in [6, 6.07) is 8.44. The number of hydrogen-bond donors (Lipinski definition) is 0. The zero-order valence-electron chi connectivity index (χ0n) is 8.71. The Kier molecular flexibility index (Phi) is 4.96. The van der Waals surface area contributed by atoms with Crippen LogP contribution in [-0.4, -0.2) is 13.7 Å². The zero-order valence-corrected chi connectivity index (χ0v) is 11.1. The summed E-state index contributed by atoms with van der Waals surface area (Å²) in [7, 11) is -3.31. The highest BCUT2D eigenvalue weighted by molar-refractivity contribution is 9.11. The molecule has 0 unspecified atom stereocenters. The summed E-state index contributed by atoms with van der Waals surface area (Å²) in [6.07, 6.45) is 3.63. The van der Waals surface area contributed by atoms with Crippen molar-refractivity contribution in [2.75, 3.05) is 0 Å². The van der Waals surface area contributed by atoms with Gasteiger partial charge in [0.2, 0.25) is 0 Å². The van der Waals surface area contributed by atoms with E-state index in [2.05, 4.69) is 22.5 Å². The van der Waals surface area contributed by atoms with E-state index in [1.807, 2.05) is 0 Å². The summed E-state index contributed by atoms with van der Waals surface area (Å²) in [5, 5.41) is -0.563. The second kappa shape index (κ2) is 6.01. The molecule has 0 aliphatic rings. The highest BCUT2D eigenvalue weighted by Crippen LogP contribution is 2.19. The van der Waals surface area contributed by atoms with Crippen molar-refractivity contribution in [2.24, 2.45) is 0 Å². The first kappa shape index (κ1) is 13.2. The van der Waals surface area contributed by atoms with E-state index in [0.717, 1.165) is 0 Å². The van der Waals surface area contributed by atoms with Crippen LogP contribution in [0.1, 0.15) is 6.42 Å². The fraction of sp³-hybridized carbons (Fsp3) is 0.167. The lowest BCUT2D eigenvalue weighted by Crippen LogP contribution is -2.18. The van der Waals surface area contributed by atoms with Crippen LogP contribution >= 0.6 is 15.9 Å². The van der Waals surface area contributed by atoms with Gasteiger partial charge in [-0.15, -0.1) is 6.58 Å². The predicted octanol–water partition coefficient (Wildman–Crippen LogP) is 3.31. The van der Waals surface area contributed by atoms with Gasteiger partial charge in [0.05, 0.1) is 10.1 Å². The second-order valence-corrected chi connectivity index (χ2v) is 5.93. The maximum atomic E-state index is 12.2. The van der Waals surface area contributed by atoms with Crippen molar-refractivity contribution in [3.05, 3.63) is 54.0 Å². The summed E-state index contributed by atoms with van der Waals surface area (Å²) >= 11 is 3.11. The Labute approximate surface area is 105 Å². The van der Waals surface area contributed by atoms with Crippen molar-refractivity contribution in [3.63, 3.8) is 0 Å². The number of hydrogen-bond acceptors (Lipinski definition) is 2. The molecule has 1 rings (SSSR count). The lowest BCUT2D eigenvalue weighted by molar-refractivity contribution is 0.588. The molecule has 16 heavy (non-hydrogen) atoms. The fourth-order valence-corrected chi connectivity index (χ4v) is 3.47. The van der Waals surface area contributed by atoms with Crippen LogP contribution in [0.2, 0.25) is 0 Å². The third kappa shape index (κ3) is 3.06. The molecule has 0 saturated carbocycles. The lowest BCUT2D eigenvalue weighted by Gasteiger charge is -2.11. The SMILES string of the molecule is C=CC[C@@H](/C=C\Br)S(=O)(=O)c1ccccc1. The molecule has 0 saturated heterocycles. The molecule has 0 bridgehead atoms. The average molecular weight is 301 g/mol. The molecule has 0 aliphatic carbocycles. The van der Waals surface area contributed by atoms with Gasteiger partial charge in [0.15, 0.2) is 9.84 Å². The van der Waals surface area contributed by atoms with Crippen molar-refractivity contribution < 1.29 is 8.42 Å². The fourth-order valence-electron chi connectivity index (χ4n) is 1.34. The molecule has 0 N–H and O–H groups in total. The minimum absolute atomic E-state index is 0.340. The van der Waals surface area contributed by atoms with Crippen LogP contribution in [0.4, 0.5) is 0 Å². The van der Waals surface area contributed by atoms with Gasteiger partial charge in [-0.3, -0.25) is 0 Å². The number of halogens is 1. The smallest absolute Gasteiger partial charge is 0.185 e. The van der Waals surface area contributed by atoms with E-state index in [1.54, 1.807) is 47.5 Å². The van der Waals surface area contributed by atoms with E-state index in [1.165, 1.54) is 0 Å². The third-order valence-electron chi connectivity index (χ3n) is 2.16. The van der Waals surface area contributed by atoms with Crippen LogP contribution < -0.4 is 0 Å². The Balaban J connectivity index is 3.13. The van der Waals surface area contributed by atoms with Gasteiger partial charge in [-0.25, -0.2) is 8.42 Å². The van der Waals surface area contributed by atoms with Crippen LogP contribution in [-0.2, 0) is 9.84 Å². The Morgan fingerprint density at radius 3 is 2.44 bits per heavy atom. The van der Waals surface area contributed by atoms with Crippen LogP contribution in [0.3, 0.4) is 0 Å². The van der Waals surface area contributed by atoms with Crippen molar-refractivity contribution in [1.82, 2.24) is 0 Å². The summed E-state index contributed by atoms with van der Waals surface area (Å²) in [4.78, 5) is 1.91. The molecule has 0 amide bonds. The standard InChI is InChI=1S/C12H13BrO2S/c1-2-6-11(9-10-13)16(14,15)12-7-4-3-5-8-12/h2-5,7-11H,1,6H2/b10-9-/t11-/m0/s1. The lowest BCUT2D eigenvalue weighted by atomic mass is 10.3. The number of rotatable bonds is 5. The summed E-state index contributed by atoms with van der Waals surface area (Å²) in [5.74, 6) is 0. The van der Waals surface area contributed by atoms with Crippen LogP contribution in [0, 0.1) is 0 Å². The molecule has 86 valence electrons. The first-order valence-corrected chi connectivity index (χ1v) is 7.26. The highest BCUT2D eigenvalue weighted by Gasteiger charge is 2.23. The molecular weight excluding hydrogens is 288 g/mol. The molecule has 0 fully saturated rings. The quantitative estimate of drug-likeness (QED) is 0.782. The van der Waals surface area contributed by atoms with Gasteiger partial charge in [-0.1, -0.05) is 46.3 Å². The second-order valence-electron chi connectivity index (χ2n) is 3.24. The van der Waals surface area contributed by atoms with E-state index >= 15 is 0 Å². The van der Waals surface area contributed by atoms with Crippen LogP contribution in [0.25, 0.3) is 0 Å². The maximum Gasteiger partial charge on any atom is 0.185 e. The monoisotopic (exact) mass is 300 g/mol. The van der Waals surface area contributed by atoms with Crippen LogP contribution in [0.15, 0.2) is 58.9 Å². The van der Waals surface area contributed by atoms with E-state index < -0.39 is 15.1 Å². The van der Waals surface area contributed by atoms with Gasteiger partial charge in [0, 0.05) is 0 Å². The molecule has 1 aromatic carbocycles. The minimum Gasteiger partial charge on any atom is -0.223 e. The molecular formula is C12H13BrO2S. The van der Waals surface area contributed by atoms with E-state index in [-0.39, 0.29) is 0 Å². The number of allylic oxidation sites excluding steroid dienone is 1. The van der Waals surface area contributed by atoms with Crippen LogP contribution in [0.5, 0.6) is 0 Å². The van der Waals surface area contributed by atoms with Crippen molar-refractivity contribution in [1.29, 1.82) is 0 Å². The van der Waals surface area contributed by atoms with E-state index in [0.29, 0.717) is 11.3 Å². The van der Waals surface area contributed by atoms with Gasteiger partial charge in [0.1, 0.15) is 0 Å². The Morgan fingerprint density at radius 1 is 1.31 bits per heavy atom. The first-order chi connectivity index (χ1) is 7.62. The summed E-state index contributed by atoms with van der Waals surface area (Å²) in [6.45, 7) is 3.58. The molecule has 1 atom stereocenters.